The third kappa shape index (κ3) is 4.09. The minimum Gasteiger partial charge on any atom is -0.494 e. The Kier molecular flexibility index (Phi) is 5.12. The van der Waals surface area contributed by atoms with Crippen molar-refractivity contribution in [1.82, 2.24) is 0 Å². The molecule has 104 valence electrons. The zero-order chi connectivity index (χ0) is 14.2. The maximum Gasteiger partial charge on any atom is 0.119 e. The van der Waals surface area contributed by atoms with Crippen molar-refractivity contribution in [3.63, 3.8) is 0 Å². The van der Waals surface area contributed by atoms with Crippen molar-refractivity contribution in [3.8, 4) is 11.5 Å². The molecular formula is C16H18N2O2. The quantitative estimate of drug-likeness (QED) is 0.701. The molecule has 0 radical (unpaired) electrons. The van der Waals surface area contributed by atoms with Crippen LogP contribution in [0, 0.1) is 0 Å². The van der Waals surface area contributed by atoms with Crippen LogP contribution in [0.15, 0.2) is 58.8 Å². The Balaban J connectivity index is 2.01. The van der Waals surface area contributed by atoms with E-state index < -0.39 is 0 Å². The molecule has 0 aliphatic carbocycles. The van der Waals surface area contributed by atoms with Gasteiger partial charge in [0, 0.05) is 0 Å². The first-order valence-corrected chi connectivity index (χ1v) is 6.69. The van der Waals surface area contributed by atoms with E-state index in [1.165, 1.54) is 0 Å². The lowest BCUT2D eigenvalue weighted by Gasteiger charge is -2.02. The highest BCUT2D eigenvalue weighted by Gasteiger charge is 1.95. The monoisotopic (exact) mass is 270 g/mol. The molecule has 4 nitrogen and oxygen atoms in total. The van der Waals surface area contributed by atoms with Gasteiger partial charge in [0.25, 0.3) is 0 Å². The number of hydrogen-bond donors (Lipinski definition) is 0. The van der Waals surface area contributed by atoms with Crippen molar-refractivity contribution < 1.29 is 9.47 Å². The first-order valence-electron chi connectivity index (χ1n) is 6.69. The van der Waals surface area contributed by atoms with E-state index in [9.17, 15) is 0 Å². The van der Waals surface area contributed by atoms with Crippen LogP contribution in [0.1, 0.15) is 13.8 Å². The van der Waals surface area contributed by atoms with Crippen LogP contribution in [-0.4, -0.2) is 13.2 Å². The van der Waals surface area contributed by atoms with E-state index in [0.717, 1.165) is 22.9 Å². The van der Waals surface area contributed by atoms with Crippen LogP contribution in [0.4, 0.5) is 11.4 Å². The molecule has 0 aromatic heterocycles. The van der Waals surface area contributed by atoms with Gasteiger partial charge in [-0.25, -0.2) is 0 Å². The molecule has 0 saturated heterocycles. The molecule has 2 aromatic rings. The molecule has 0 aliphatic rings. The molecule has 0 aliphatic heterocycles. The number of azo groups is 1. The van der Waals surface area contributed by atoms with Crippen LogP contribution in [0.2, 0.25) is 0 Å². The third-order valence-electron chi connectivity index (χ3n) is 2.58. The second kappa shape index (κ2) is 7.28. The Morgan fingerprint density at radius 2 is 1.00 bits per heavy atom. The van der Waals surface area contributed by atoms with E-state index in [1.54, 1.807) is 0 Å². The van der Waals surface area contributed by atoms with Crippen molar-refractivity contribution in [2.45, 2.75) is 13.8 Å². The minimum atomic E-state index is 0.660. The number of nitrogens with zero attached hydrogens (tertiary/aromatic N) is 2. The molecule has 0 unspecified atom stereocenters. The summed E-state index contributed by atoms with van der Waals surface area (Å²) in [6.45, 7) is 5.24. The first kappa shape index (κ1) is 14.1. The SMILES string of the molecule is CCOc1ccc(N=Nc2ccc(OCC)cc2)cc1. The molecule has 0 saturated carbocycles. The van der Waals surface area contributed by atoms with Gasteiger partial charge in [-0.15, -0.1) is 0 Å². The molecule has 0 atom stereocenters. The van der Waals surface area contributed by atoms with Gasteiger partial charge in [0.05, 0.1) is 24.6 Å². The summed E-state index contributed by atoms with van der Waals surface area (Å²) >= 11 is 0. The number of rotatable bonds is 6. The van der Waals surface area contributed by atoms with Crippen LogP contribution in [0.3, 0.4) is 0 Å². The standard InChI is InChI=1S/C16H18N2O2/c1-3-19-15-9-5-13(6-10-15)17-18-14-7-11-16(12-8-14)20-4-2/h5-12H,3-4H2,1-2H3. The lowest BCUT2D eigenvalue weighted by molar-refractivity contribution is 0.340. The van der Waals surface area contributed by atoms with E-state index in [0.29, 0.717) is 13.2 Å². The zero-order valence-electron chi connectivity index (χ0n) is 11.7. The van der Waals surface area contributed by atoms with Crippen LogP contribution in [0.5, 0.6) is 11.5 Å². The number of ether oxygens (including phenoxy) is 2. The van der Waals surface area contributed by atoms with Crippen molar-refractivity contribution >= 4 is 11.4 Å². The number of hydrogen-bond acceptors (Lipinski definition) is 4. The van der Waals surface area contributed by atoms with Gasteiger partial charge in [-0.2, -0.15) is 10.2 Å². The molecule has 0 amide bonds. The zero-order valence-corrected chi connectivity index (χ0v) is 11.7. The van der Waals surface area contributed by atoms with Crippen molar-refractivity contribution in [1.29, 1.82) is 0 Å². The first-order chi connectivity index (χ1) is 9.81. The lowest BCUT2D eigenvalue weighted by atomic mass is 10.3. The van der Waals surface area contributed by atoms with Crippen LogP contribution >= 0.6 is 0 Å². The van der Waals surface area contributed by atoms with E-state index in [2.05, 4.69) is 10.2 Å². The van der Waals surface area contributed by atoms with Gasteiger partial charge in [-0.05, 0) is 62.4 Å². The summed E-state index contributed by atoms with van der Waals surface area (Å²) in [5, 5.41) is 8.36. The highest BCUT2D eigenvalue weighted by Crippen LogP contribution is 2.22. The van der Waals surface area contributed by atoms with Crippen molar-refractivity contribution in [3.05, 3.63) is 48.5 Å². The highest BCUT2D eigenvalue weighted by atomic mass is 16.5. The Morgan fingerprint density at radius 3 is 1.30 bits per heavy atom. The highest BCUT2D eigenvalue weighted by molar-refractivity contribution is 5.44. The summed E-state index contributed by atoms with van der Waals surface area (Å²) in [4.78, 5) is 0. The molecule has 0 spiro atoms. The van der Waals surface area contributed by atoms with E-state index in [1.807, 2.05) is 62.4 Å². The van der Waals surface area contributed by atoms with Gasteiger partial charge in [-0.3, -0.25) is 0 Å². The lowest BCUT2D eigenvalue weighted by Crippen LogP contribution is -1.89. The number of benzene rings is 2. The minimum absolute atomic E-state index is 0.660. The Labute approximate surface area is 119 Å². The van der Waals surface area contributed by atoms with Crippen molar-refractivity contribution in [2.24, 2.45) is 10.2 Å². The van der Waals surface area contributed by atoms with Gasteiger partial charge >= 0.3 is 0 Å². The summed E-state index contributed by atoms with van der Waals surface area (Å²) in [5.74, 6) is 1.68. The molecule has 2 aromatic carbocycles. The summed E-state index contributed by atoms with van der Waals surface area (Å²) in [5.41, 5.74) is 1.59. The second-order valence-electron chi connectivity index (χ2n) is 4.05. The molecule has 4 heteroatoms. The molecular weight excluding hydrogens is 252 g/mol. The maximum atomic E-state index is 5.37. The molecule has 20 heavy (non-hydrogen) atoms. The molecule has 0 N–H and O–H groups in total. The smallest absolute Gasteiger partial charge is 0.119 e. The Bertz CT molecular complexity index is 496. The fourth-order valence-corrected chi connectivity index (χ4v) is 1.67. The Hall–Kier alpha value is -2.36. The van der Waals surface area contributed by atoms with E-state index in [-0.39, 0.29) is 0 Å². The van der Waals surface area contributed by atoms with Crippen molar-refractivity contribution in [2.75, 3.05) is 13.2 Å². The molecule has 2 rings (SSSR count). The largest absolute Gasteiger partial charge is 0.494 e. The average molecular weight is 270 g/mol. The van der Waals surface area contributed by atoms with E-state index >= 15 is 0 Å². The van der Waals surface area contributed by atoms with Gasteiger partial charge in [0.15, 0.2) is 0 Å². The van der Waals surface area contributed by atoms with Gasteiger partial charge in [0.2, 0.25) is 0 Å². The fraction of sp³-hybridized carbons (Fsp3) is 0.250. The van der Waals surface area contributed by atoms with E-state index in [4.69, 9.17) is 9.47 Å². The molecule has 0 bridgehead atoms. The van der Waals surface area contributed by atoms with Crippen LogP contribution < -0.4 is 9.47 Å². The summed E-state index contributed by atoms with van der Waals surface area (Å²) in [7, 11) is 0. The van der Waals surface area contributed by atoms with Gasteiger partial charge < -0.3 is 9.47 Å². The van der Waals surface area contributed by atoms with Gasteiger partial charge in [-0.1, -0.05) is 0 Å². The Morgan fingerprint density at radius 1 is 0.650 bits per heavy atom. The molecule has 0 fully saturated rings. The average Bonchev–Trinajstić information content (AvgIpc) is 2.49. The third-order valence-corrected chi connectivity index (χ3v) is 2.58. The second-order valence-corrected chi connectivity index (χ2v) is 4.05. The topological polar surface area (TPSA) is 43.2 Å². The van der Waals surface area contributed by atoms with Crippen LogP contribution in [-0.2, 0) is 0 Å². The summed E-state index contributed by atoms with van der Waals surface area (Å²) in [6, 6.07) is 15.1. The molecule has 0 heterocycles. The maximum absolute atomic E-state index is 5.37. The van der Waals surface area contributed by atoms with Gasteiger partial charge in [0.1, 0.15) is 11.5 Å². The summed E-state index contributed by atoms with van der Waals surface area (Å²) < 4.78 is 10.7. The predicted molar refractivity (Wildman–Crippen MR) is 79.4 cm³/mol. The van der Waals surface area contributed by atoms with Crippen LogP contribution in [0.25, 0.3) is 0 Å². The predicted octanol–water partition coefficient (Wildman–Crippen LogP) is 4.90. The summed E-state index contributed by atoms with van der Waals surface area (Å²) in [6.07, 6.45) is 0. The fourth-order valence-electron chi connectivity index (χ4n) is 1.67. The normalized spacial score (nSPS) is 10.7.